The maximum absolute atomic E-state index is 12.8. The van der Waals surface area contributed by atoms with Gasteiger partial charge in [0.25, 0.3) is 0 Å². The molecule has 0 spiro atoms. The summed E-state index contributed by atoms with van der Waals surface area (Å²) in [5.74, 6) is 2.72. The summed E-state index contributed by atoms with van der Waals surface area (Å²) < 4.78 is 0. The predicted octanol–water partition coefficient (Wildman–Crippen LogP) is 6.06. The molecule has 2 aromatic rings. The molecule has 4 rings (SSSR count). The fourth-order valence-electron chi connectivity index (χ4n) is 6.51. The van der Waals surface area contributed by atoms with Crippen molar-refractivity contribution in [2.24, 2.45) is 23.7 Å². The summed E-state index contributed by atoms with van der Waals surface area (Å²) in [6, 6.07) is 22.5. The molecular formula is C34H54N4O. The van der Waals surface area contributed by atoms with E-state index in [9.17, 15) is 4.79 Å². The van der Waals surface area contributed by atoms with Crippen molar-refractivity contribution in [2.75, 3.05) is 47.8 Å². The van der Waals surface area contributed by atoms with Crippen LogP contribution in [0.5, 0.6) is 0 Å². The molecule has 2 aliphatic heterocycles. The van der Waals surface area contributed by atoms with E-state index in [0.717, 1.165) is 18.4 Å². The molecule has 2 aromatic carbocycles. The van der Waals surface area contributed by atoms with E-state index in [1.807, 2.05) is 37.2 Å². The number of carbonyl (C=O) groups excluding carboxylic acids is 1. The lowest BCUT2D eigenvalue weighted by Crippen LogP contribution is -2.41. The van der Waals surface area contributed by atoms with Crippen LogP contribution < -0.4 is 0 Å². The third-order valence-corrected chi connectivity index (χ3v) is 9.22. The number of likely N-dealkylation sites (tertiary alicyclic amines) is 2. The van der Waals surface area contributed by atoms with E-state index in [2.05, 4.69) is 113 Å². The quantitative estimate of drug-likeness (QED) is 0.412. The van der Waals surface area contributed by atoms with Gasteiger partial charge in [0.2, 0.25) is 5.91 Å². The monoisotopic (exact) mass is 534 g/mol. The Bertz CT molecular complexity index is 990. The first-order valence-corrected chi connectivity index (χ1v) is 14.9. The highest BCUT2D eigenvalue weighted by Gasteiger charge is 2.44. The van der Waals surface area contributed by atoms with Gasteiger partial charge in [-0.05, 0) is 70.9 Å². The van der Waals surface area contributed by atoms with Gasteiger partial charge >= 0.3 is 0 Å². The largest absolute Gasteiger partial charge is 0.334 e. The summed E-state index contributed by atoms with van der Waals surface area (Å²) in [6.45, 7) is 16.9. The Balaban J connectivity index is 0.000000216. The average Bonchev–Trinajstić information content (AvgIpc) is 3.52. The SMILES string of the molecule is CC(C)[C@H]1CN([C@H](C)c2ccccc2)C(=O)[C@H]1N(C)C.CC(C)[C@H]1CN([C@H](C)c2ccccc2)C[C@H]1N(C)C. The molecule has 39 heavy (non-hydrogen) atoms. The first-order valence-electron chi connectivity index (χ1n) is 14.9. The van der Waals surface area contributed by atoms with Crippen molar-refractivity contribution in [3.8, 4) is 0 Å². The van der Waals surface area contributed by atoms with Crippen molar-refractivity contribution in [2.45, 2.75) is 65.7 Å². The molecule has 5 nitrogen and oxygen atoms in total. The number of rotatable bonds is 8. The van der Waals surface area contributed by atoms with Crippen LogP contribution in [0.3, 0.4) is 0 Å². The molecule has 5 heteroatoms. The van der Waals surface area contributed by atoms with Crippen molar-refractivity contribution in [3.05, 3.63) is 71.8 Å². The van der Waals surface area contributed by atoms with Crippen LogP contribution >= 0.6 is 0 Å². The van der Waals surface area contributed by atoms with Crippen LogP contribution in [-0.4, -0.2) is 85.4 Å². The molecule has 2 fully saturated rings. The Kier molecular flexibility index (Phi) is 11.2. The maximum atomic E-state index is 12.8. The Morgan fingerprint density at radius 1 is 0.641 bits per heavy atom. The summed E-state index contributed by atoms with van der Waals surface area (Å²) in [6.07, 6.45) is 0. The van der Waals surface area contributed by atoms with Crippen LogP contribution in [0.4, 0.5) is 0 Å². The Hall–Kier alpha value is -2.21. The van der Waals surface area contributed by atoms with E-state index >= 15 is 0 Å². The maximum Gasteiger partial charge on any atom is 0.240 e. The molecule has 1 amide bonds. The molecule has 2 heterocycles. The number of hydrogen-bond donors (Lipinski definition) is 0. The number of benzene rings is 2. The van der Waals surface area contributed by atoms with Gasteiger partial charge in [-0.25, -0.2) is 0 Å². The minimum absolute atomic E-state index is 0.0150. The van der Waals surface area contributed by atoms with Crippen molar-refractivity contribution < 1.29 is 4.79 Å². The van der Waals surface area contributed by atoms with Crippen molar-refractivity contribution in [3.63, 3.8) is 0 Å². The number of likely N-dealkylation sites (N-methyl/N-ethyl adjacent to an activating group) is 2. The molecule has 216 valence electrons. The highest BCUT2D eigenvalue weighted by Crippen LogP contribution is 2.34. The lowest BCUT2D eigenvalue weighted by molar-refractivity contribution is -0.133. The highest BCUT2D eigenvalue weighted by atomic mass is 16.2. The molecule has 6 atom stereocenters. The van der Waals surface area contributed by atoms with Gasteiger partial charge in [-0.15, -0.1) is 0 Å². The second-order valence-electron chi connectivity index (χ2n) is 12.9. The fraction of sp³-hybridized carbons (Fsp3) is 0.618. The molecule has 0 aromatic heterocycles. The van der Waals surface area contributed by atoms with Crippen molar-refractivity contribution in [1.82, 2.24) is 19.6 Å². The van der Waals surface area contributed by atoms with Crippen LogP contribution in [-0.2, 0) is 4.79 Å². The summed E-state index contributed by atoms with van der Waals surface area (Å²) >= 11 is 0. The van der Waals surface area contributed by atoms with Gasteiger partial charge in [-0.3, -0.25) is 14.6 Å². The summed E-state index contributed by atoms with van der Waals surface area (Å²) in [5, 5.41) is 0. The summed E-state index contributed by atoms with van der Waals surface area (Å²) in [7, 11) is 8.46. The first-order chi connectivity index (χ1) is 18.4. The zero-order chi connectivity index (χ0) is 28.9. The minimum Gasteiger partial charge on any atom is -0.334 e. The molecule has 0 aliphatic carbocycles. The van der Waals surface area contributed by atoms with E-state index in [1.54, 1.807) is 0 Å². The lowest BCUT2D eigenvalue weighted by Gasteiger charge is -2.27. The normalized spacial score (nSPS) is 25.5. The fourth-order valence-corrected chi connectivity index (χ4v) is 6.51. The van der Waals surface area contributed by atoms with Gasteiger partial charge < -0.3 is 9.80 Å². The summed E-state index contributed by atoms with van der Waals surface area (Å²) in [5.41, 5.74) is 2.65. The highest BCUT2D eigenvalue weighted by molar-refractivity contribution is 5.85. The van der Waals surface area contributed by atoms with Crippen molar-refractivity contribution >= 4 is 5.91 Å². The zero-order valence-electron chi connectivity index (χ0n) is 26.2. The zero-order valence-corrected chi connectivity index (χ0v) is 26.2. The van der Waals surface area contributed by atoms with E-state index < -0.39 is 0 Å². The molecule has 0 saturated carbocycles. The molecule has 0 bridgehead atoms. The first kappa shape index (κ1) is 31.3. The number of nitrogens with zero attached hydrogens (tertiary/aromatic N) is 4. The third-order valence-electron chi connectivity index (χ3n) is 9.22. The van der Waals surface area contributed by atoms with Gasteiger partial charge in [-0.2, -0.15) is 0 Å². The van der Waals surface area contributed by atoms with Gasteiger partial charge in [0.05, 0.1) is 12.1 Å². The van der Waals surface area contributed by atoms with Crippen LogP contribution in [0.25, 0.3) is 0 Å². The van der Waals surface area contributed by atoms with Gasteiger partial charge in [-0.1, -0.05) is 88.4 Å². The average molecular weight is 535 g/mol. The third kappa shape index (κ3) is 7.50. The van der Waals surface area contributed by atoms with Crippen LogP contribution in [0.1, 0.15) is 64.8 Å². The van der Waals surface area contributed by atoms with E-state index in [0.29, 0.717) is 23.9 Å². The van der Waals surface area contributed by atoms with Crippen molar-refractivity contribution in [1.29, 1.82) is 0 Å². The number of carbonyl (C=O) groups is 1. The molecule has 2 saturated heterocycles. The molecule has 0 N–H and O–H groups in total. The second-order valence-corrected chi connectivity index (χ2v) is 12.9. The Labute approximate surface area is 239 Å². The van der Waals surface area contributed by atoms with Crippen LogP contribution in [0, 0.1) is 23.7 Å². The topological polar surface area (TPSA) is 30.0 Å². The van der Waals surface area contributed by atoms with Crippen LogP contribution in [0.15, 0.2) is 60.7 Å². The lowest BCUT2D eigenvalue weighted by atomic mass is 9.90. The van der Waals surface area contributed by atoms with E-state index in [4.69, 9.17) is 0 Å². The summed E-state index contributed by atoms with van der Waals surface area (Å²) in [4.78, 5) is 21.9. The predicted molar refractivity (Wildman–Crippen MR) is 165 cm³/mol. The Morgan fingerprint density at radius 3 is 1.51 bits per heavy atom. The number of amides is 1. The standard InChI is InChI=1S/C17H26N2O.C17H28N2/c1-12(2)15-11-19(17(20)16(15)18(4)5)13(3)14-9-7-6-8-10-14;1-13(2)16-11-19(12-17(16)18(4)5)14(3)15-9-7-6-8-10-15/h6-10,12-13,15-16H,11H2,1-5H3;6-10,13-14,16-17H,11-12H2,1-5H3/t13-,15-,16+;14-,16-,17-/m11/s1. The number of hydrogen-bond acceptors (Lipinski definition) is 4. The molecule has 0 radical (unpaired) electrons. The van der Waals surface area contributed by atoms with E-state index in [1.165, 1.54) is 24.2 Å². The molecule has 2 aliphatic rings. The van der Waals surface area contributed by atoms with E-state index in [-0.39, 0.29) is 18.0 Å². The smallest absolute Gasteiger partial charge is 0.240 e. The molecular weight excluding hydrogens is 480 g/mol. The van der Waals surface area contributed by atoms with Gasteiger partial charge in [0, 0.05) is 37.6 Å². The van der Waals surface area contributed by atoms with Crippen LogP contribution in [0.2, 0.25) is 0 Å². The van der Waals surface area contributed by atoms with Gasteiger partial charge in [0.1, 0.15) is 0 Å². The second kappa shape index (κ2) is 13.9. The van der Waals surface area contributed by atoms with Gasteiger partial charge in [0.15, 0.2) is 0 Å². The minimum atomic E-state index is 0.0150. The molecule has 0 unspecified atom stereocenters. The Morgan fingerprint density at radius 2 is 1.13 bits per heavy atom.